The molecule has 19 atom stereocenters. The number of ether oxygens (including phenoxy) is 9. The molecule has 52 heavy (non-hydrogen) atoms. The fourth-order valence-corrected chi connectivity index (χ4v) is 11.3. The Morgan fingerprint density at radius 1 is 0.808 bits per heavy atom. The monoisotopic (exact) mass is 729 g/mol. The van der Waals surface area contributed by atoms with Crippen LogP contribution in [0.3, 0.4) is 0 Å². The lowest BCUT2D eigenvalue weighted by Crippen LogP contribution is -2.61. The van der Waals surface area contributed by atoms with E-state index in [2.05, 4.69) is 20.1 Å². The van der Waals surface area contributed by atoms with Crippen molar-refractivity contribution < 1.29 is 52.5 Å². The zero-order valence-electron chi connectivity index (χ0n) is 30.8. The van der Waals surface area contributed by atoms with Gasteiger partial charge in [0, 0.05) is 58.1 Å². The number of ketones is 1. The van der Waals surface area contributed by atoms with Gasteiger partial charge >= 0.3 is 0 Å². The van der Waals surface area contributed by atoms with E-state index in [0.717, 1.165) is 56.1 Å². The van der Waals surface area contributed by atoms with Crippen molar-refractivity contribution in [1.29, 1.82) is 0 Å². The topological polar surface area (TPSA) is 146 Å². The number of fused-ring (bicyclic) bond motifs is 6. The highest BCUT2D eigenvalue weighted by molar-refractivity contribution is 5.79. The number of carbonyl (C=O) groups is 1. The lowest BCUT2D eigenvalue weighted by Gasteiger charge is -2.47. The van der Waals surface area contributed by atoms with Crippen LogP contribution in [0.25, 0.3) is 0 Å². The second-order valence-corrected chi connectivity index (χ2v) is 17.4. The number of aliphatic hydroxyl groups excluding tert-OH is 1. The molecule has 12 bridgehead atoms. The molecule has 10 aliphatic heterocycles. The van der Waals surface area contributed by atoms with Gasteiger partial charge < -0.3 is 53.5 Å². The van der Waals surface area contributed by atoms with Crippen LogP contribution in [0.2, 0.25) is 0 Å². The first-order chi connectivity index (χ1) is 25.1. The smallest absolute Gasteiger partial charge is 0.172 e. The summed E-state index contributed by atoms with van der Waals surface area (Å²) in [5.74, 6) is -0.619. The van der Waals surface area contributed by atoms with Gasteiger partial charge in [0.15, 0.2) is 5.79 Å². The highest BCUT2D eigenvalue weighted by Gasteiger charge is 2.68. The molecule has 10 saturated heterocycles. The summed E-state index contributed by atoms with van der Waals surface area (Å²) in [6.07, 6.45) is 4.85. The molecular weight excluding hydrogens is 670 g/mol. The Balaban J connectivity index is 0.994. The molecule has 1 spiro atoms. The van der Waals surface area contributed by atoms with Crippen LogP contribution in [-0.4, -0.2) is 128 Å². The number of rotatable bonds is 4. The zero-order valence-corrected chi connectivity index (χ0v) is 30.8. The Morgan fingerprint density at radius 3 is 2.38 bits per heavy atom. The number of hydrogen-bond donors (Lipinski definition) is 2. The first-order valence-electron chi connectivity index (χ1n) is 20.2. The van der Waals surface area contributed by atoms with Crippen LogP contribution < -0.4 is 5.73 Å². The maximum Gasteiger partial charge on any atom is 0.172 e. The molecule has 290 valence electrons. The van der Waals surface area contributed by atoms with E-state index in [1.54, 1.807) is 7.11 Å². The molecule has 0 aromatic heterocycles. The van der Waals surface area contributed by atoms with Gasteiger partial charge in [-0.2, -0.15) is 0 Å². The third-order valence-corrected chi connectivity index (χ3v) is 14.0. The van der Waals surface area contributed by atoms with Crippen molar-refractivity contribution in [3.05, 3.63) is 24.3 Å². The van der Waals surface area contributed by atoms with Gasteiger partial charge in [0.2, 0.25) is 0 Å². The molecule has 10 aliphatic rings. The predicted octanol–water partition coefficient (Wildman–Crippen LogP) is 3.44. The standard InChI is InChI=1S/C40H59NO11/c1-19-11-24-5-7-28-20(2)12-26(45-28)9-10-40-17-33-36(51-40)37-38(50-33)39(52-40)35-29(49-37)8-6-25(47-35)13-22(42)14-27-31(16-30(46-24)21(19)3)48-32(34(27)44-4)15-23(43)18-41/h19,23-39,43H,2-3,5-18,41H2,1,4H3/t19-,23+,24+,25-,26+,27+,28+,29+,30-,31+,32-,33?,34-,35+,36+,37?,38-,39+,40+/m1/s1. The van der Waals surface area contributed by atoms with Crippen molar-refractivity contribution in [2.45, 2.75) is 194 Å². The van der Waals surface area contributed by atoms with Crippen molar-refractivity contribution in [3.63, 3.8) is 0 Å². The van der Waals surface area contributed by atoms with E-state index in [1.165, 1.54) is 0 Å². The van der Waals surface area contributed by atoms with Crippen molar-refractivity contribution >= 4 is 5.78 Å². The van der Waals surface area contributed by atoms with E-state index >= 15 is 0 Å². The minimum absolute atomic E-state index is 0.0158. The van der Waals surface area contributed by atoms with Crippen molar-refractivity contribution in [1.82, 2.24) is 0 Å². The highest BCUT2D eigenvalue weighted by Crippen LogP contribution is 2.54. The van der Waals surface area contributed by atoms with Crippen LogP contribution in [0.15, 0.2) is 24.3 Å². The van der Waals surface area contributed by atoms with E-state index in [-0.39, 0.29) is 122 Å². The first-order valence-corrected chi connectivity index (χ1v) is 20.2. The SMILES string of the molecule is C=C1C[C@@H]2CC[C@@]34CC5O[C@@H]6C(O[C@H]7CC[C@H](CC(=O)C[C@@H]8[C@@H](OC)[C@@H](C[C@H](O)CN)O[C@H]8C[C@H]8O[C@@H](CC[C@@H]1O2)C[C@@H](C)C8=C)O[C@@H]7[C@@H]6O3)[C@H]5O4. The fraction of sp³-hybridized carbons (Fsp3) is 0.875. The van der Waals surface area contributed by atoms with Crippen molar-refractivity contribution in [2.24, 2.45) is 17.6 Å². The number of carbonyl (C=O) groups excluding carboxylic acids is 1. The summed E-state index contributed by atoms with van der Waals surface area (Å²) in [7, 11) is 1.66. The predicted molar refractivity (Wildman–Crippen MR) is 186 cm³/mol. The summed E-state index contributed by atoms with van der Waals surface area (Å²) in [4.78, 5) is 14.1. The molecule has 2 unspecified atom stereocenters. The summed E-state index contributed by atoms with van der Waals surface area (Å²) in [6, 6.07) is 0. The maximum atomic E-state index is 14.1. The lowest BCUT2D eigenvalue weighted by atomic mass is 9.81. The minimum Gasteiger partial charge on any atom is -0.392 e. The molecule has 0 amide bonds. The van der Waals surface area contributed by atoms with Gasteiger partial charge in [0.05, 0.1) is 67.1 Å². The Kier molecular flexibility index (Phi) is 10.0. The second-order valence-electron chi connectivity index (χ2n) is 17.4. The molecule has 0 aromatic rings. The number of methoxy groups -OCH3 is 1. The van der Waals surface area contributed by atoms with Crippen LogP contribution in [-0.2, 0) is 47.4 Å². The Hall–Kier alpha value is -1.29. The summed E-state index contributed by atoms with van der Waals surface area (Å²) >= 11 is 0. The quantitative estimate of drug-likeness (QED) is 0.409. The Morgan fingerprint density at radius 2 is 1.56 bits per heavy atom. The first kappa shape index (κ1) is 36.4. The Labute approximate surface area is 307 Å². The van der Waals surface area contributed by atoms with Crippen molar-refractivity contribution in [3.8, 4) is 0 Å². The molecule has 0 saturated carbocycles. The van der Waals surface area contributed by atoms with Gasteiger partial charge in [-0.1, -0.05) is 20.1 Å². The summed E-state index contributed by atoms with van der Waals surface area (Å²) in [6.45, 7) is 11.3. The lowest BCUT2D eigenvalue weighted by molar-refractivity contribution is -0.292. The Bertz CT molecular complexity index is 1380. The normalized spacial score (nSPS) is 52.4. The van der Waals surface area contributed by atoms with Crippen LogP contribution >= 0.6 is 0 Å². The molecular formula is C40H59NO11. The number of aliphatic hydroxyl groups is 1. The van der Waals surface area contributed by atoms with E-state index in [1.807, 2.05) is 0 Å². The summed E-state index contributed by atoms with van der Waals surface area (Å²) in [5, 5.41) is 10.5. The molecule has 0 radical (unpaired) electrons. The average Bonchev–Trinajstić information content (AvgIpc) is 3.79. The number of hydrogen-bond acceptors (Lipinski definition) is 12. The average molecular weight is 730 g/mol. The summed E-state index contributed by atoms with van der Waals surface area (Å²) in [5.41, 5.74) is 8.01. The van der Waals surface area contributed by atoms with Crippen LogP contribution in [0, 0.1) is 11.8 Å². The fourth-order valence-electron chi connectivity index (χ4n) is 11.3. The second kappa shape index (κ2) is 14.3. The van der Waals surface area contributed by atoms with E-state index in [4.69, 9.17) is 48.4 Å². The van der Waals surface area contributed by atoms with Gasteiger partial charge in [-0.05, 0) is 62.0 Å². The third kappa shape index (κ3) is 6.59. The van der Waals surface area contributed by atoms with E-state index in [0.29, 0.717) is 25.7 Å². The van der Waals surface area contributed by atoms with Gasteiger partial charge in [0.1, 0.15) is 36.3 Å². The molecule has 12 heteroatoms. The van der Waals surface area contributed by atoms with E-state index < -0.39 is 18.0 Å². The molecule has 10 rings (SSSR count). The molecule has 10 fully saturated rings. The molecule has 12 nitrogen and oxygen atoms in total. The van der Waals surface area contributed by atoms with Crippen molar-refractivity contribution in [2.75, 3.05) is 13.7 Å². The molecule has 0 aromatic carbocycles. The largest absolute Gasteiger partial charge is 0.392 e. The number of nitrogens with two attached hydrogens (primary N) is 1. The van der Waals surface area contributed by atoms with Gasteiger partial charge in [0.25, 0.3) is 0 Å². The molecule has 0 aliphatic carbocycles. The maximum absolute atomic E-state index is 14.1. The number of Topliss-reactive ketones (excluding diaryl/α,β-unsaturated/α-hetero) is 1. The highest BCUT2D eigenvalue weighted by atomic mass is 16.8. The molecule has 10 heterocycles. The minimum atomic E-state index is -0.780. The zero-order chi connectivity index (χ0) is 35.9. The van der Waals surface area contributed by atoms with Crippen LogP contribution in [0.5, 0.6) is 0 Å². The van der Waals surface area contributed by atoms with E-state index in [9.17, 15) is 9.90 Å². The summed E-state index contributed by atoms with van der Waals surface area (Å²) < 4.78 is 60.0. The van der Waals surface area contributed by atoms with Gasteiger partial charge in [-0.3, -0.25) is 4.79 Å². The van der Waals surface area contributed by atoms with Gasteiger partial charge in [-0.25, -0.2) is 0 Å². The van der Waals surface area contributed by atoms with Crippen LogP contribution in [0.1, 0.15) is 90.4 Å². The van der Waals surface area contributed by atoms with Gasteiger partial charge in [-0.15, -0.1) is 0 Å². The third-order valence-electron chi connectivity index (χ3n) is 14.0. The van der Waals surface area contributed by atoms with Crippen LogP contribution in [0.4, 0.5) is 0 Å². The molecule has 3 N–H and O–H groups in total.